The second-order valence-electron chi connectivity index (χ2n) is 5.87. The Morgan fingerprint density at radius 1 is 1.00 bits per heavy atom. The Kier molecular flexibility index (Phi) is 5.78. The minimum absolute atomic E-state index is 0.0250. The molecule has 3 rings (SSSR count). The number of hydrogen-bond donors (Lipinski definition) is 1. The first-order valence-corrected chi connectivity index (χ1v) is 9.09. The molecule has 4 nitrogen and oxygen atoms in total. The molecule has 0 saturated carbocycles. The van der Waals surface area contributed by atoms with Crippen LogP contribution in [0.25, 0.3) is 10.8 Å². The van der Waals surface area contributed by atoms with Crippen molar-refractivity contribution in [2.75, 3.05) is 19.5 Å². The molecule has 134 valence electrons. The Morgan fingerprint density at radius 2 is 1.69 bits per heavy atom. The van der Waals surface area contributed by atoms with Gasteiger partial charge in [0.1, 0.15) is 0 Å². The smallest absolute Gasteiger partial charge is 0.224 e. The summed E-state index contributed by atoms with van der Waals surface area (Å²) in [7, 11) is 3.20. The maximum atomic E-state index is 12.4. The Labute approximate surface area is 161 Å². The lowest BCUT2D eigenvalue weighted by atomic mass is 10.1. The van der Waals surface area contributed by atoms with E-state index in [9.17, 15) is 4.79 Å². The van der Waals surface area contributed by atoms with Gasteiger partial charge in [-0.3, -0.25) is 4.79 Å². The molecule has 0 heterocycles. The maximum Gasteiger partial charge on any atom is 0.224 e. The number of aryl methyl sites for hydroxylation is 1. The number of hydrogen-bond acceptors (Lipinski definition) is 3. The summed E-state index contributed by atoms with van der Waals surface area (Å²) in [6.07, 6.45) is 0.967. The van der Waals surface area contributed by atoms with Crippen LogP contribution in [0.15, 0.2) is 59.1 Å². The van der Waals surface area contributed by atoms with Crippen LogP contribution in [0.2, 0.25) is 0 Å². The Hall–Kier alpha value is -2.53. The topological polar surface area (TPSA) is 47.6 Å². The number of halogens is 1. The number of carbonyl (C=O) groups excluding carboxylic acids is 1. The van der Waals surface area contributed by atoms with Gasteiger partial charge in [-0.15, -0.1) is 0 Å². The van der Waals surface area contributed by atoms with Crippen LogP contribution in [0.1, 0.15) is 12.0 Å². The average Bonchev–Trinajstić information content (AvgIpc) is 2.67. The molecule has 0 saturated heterocycles. The van der Waals surface area contributed by atoms with Crippen molar-refractivity contribution in [3.63, 3.8) is 0 Å². The molecule has 3 aromatic carbocycles. The molecule has 3 aromatic rings. The molecule has 0 aliphatic carbocycles. The molecule has 0 fully saturated rings. The van der Waals surface area contributed by atoms with Crippen LogP contribution in [0.3, 0.4) is 0 Å². The molecule has 0 aliphatic rings. The van der Waals surface area contributed by atoms with E-state index in [0.29, 0.717) is 24.3 Å². The number of nitrogens with one attached hydrogen (secondary N) is 1. The minimum atomic E-state index is -0.0250. The van der Waals surface area contributed by atoms with Crippen LogP contribution in [0.4, 0.5) is 5.69 Å². The maximum absolute atomic E-state index is 12.4. The SMILES string of the molecule is COc1cc(Br)c(CCC(=O)Nc2cccc3ccccc23)cc1OC. The zero-order valence-electron chi connectivity index (χ0n) is 14.7. The first-order valence-electron chi connectivity index (χ1n) is 8.30. The summed E-state index contributed by atoms with van der Waals surface area (Å²) >= 11 is 3.53. The van der Waals surface area contributed by atoms with E-state index in [2.05, 4.69) is 21.2 Å². The van der Waals surface area contributed by atoms with Crippen molar-refractivity contribution in [3.8, 4) is 11.5 Å². The van der Waals surface area contributed by atoms with Crippen LogP contribution < -0.4 is 14.8 Å². The Bertz CT molecular complexity index is 934. The molecule has 0 atom stereocenters. The fourth-order valence-corrected chi connectivity index (χ4v) is 3.40. The lowest BCUT2D eigenvalue weighted by Crippen LogP contribution is -2.12. The first kappa shape index (κ1) is 18.3. The van der Waals surface area contributed by atoms with Crippen LogP contribution >= 0.6 is 15.9 Å². The minimum Gasteiger partial charge on any atom is -0.493 e. The van der Waals surface area contributed by atoms with Gasteiger partial charge in [0.2, 0.25) is 5.91 Å². The third-order valence-electron chi connectivity index (χ3n) is 4.24. The molecule has 0 bridgehead atoms. The third kappa shape index (κ3) is 3.99. The van der Waals surface area contributed by atoms with Crippen molar-refractivity contribution >= 4 is 38.3 Å². The van der Waals surface area contributed by atoms with Crippen molar-refractivity contribution in [1.82, 2.24) is 0 Å². The highest BCUT2D eigenvalue weighted by Gasteiger charge is 2.12. The second kappa shape index (κ2) is 8.23. The standard InChI is InChI=1S/C21H20BrNO3/c1-25-19-12-15(17(22)13-20(19)26-2)10-11-21(24)23-18-9-5-7-14-6-3-4-8-16(14)18/h3-9,12-13H,10-11H2,1-2H3,(H,23,24). The molecule has 1 amide bonds. The van der Waals surface area contributed by atoms with Gasteiger partial charge in [0.05, 0.1) is 14.2 Å². The molecular formula is C21H20BrNO3. The van der Waals surface area contributed by atoms with Gasteiger partial charge in [-0.1, -0.05) is 52.3 Å². The number of carbonyl (C=O) groups is 1. The van der Waals surface area contributed by atoms with Crippen LogP contribution in [0, 0.1) is 0 Å². The summed E-state index contributed by atoms with van der Waals surface area (Å²) < 4.78 is 11.5. The van der Waals surface area contributed by atoms with Gasteiger partial charge < -0.3 is 14.8 Å². The van der Waals surface area contributed by atoms with Crippen molar-refractivity contribution in [1.29, 1.82) is 0 Å². The van der Waals surface area contributed by atoms with Crippen molar-refractivity contribution in [2.45, 2.75) is 12.8 Å². The molecule has 0 spiro atoms. The van der Waals surface area contributed by atoms with Gasteiger partial charge >= 0.3 is 0 Å². The second-order valence-corrected chi connectivity index (χ2v) is 6.73. The van der Waals surface area contributed by atoms with E-state index in [1.54, 1.807) is 14.2 Å². The van der Waals surface area contributed by atoms with Crippen molar-refractivity contribution < 1.29 is 14.3 Å². The van der Waals surface area contributed by atoms with E-state index in [-0.39, 0.29) is 5.91 Å². The molecule has 0 aromatic heterocycles. The van der Waals surface area contributed by atoms with Gasteiger partial charge in [0.15, 0.2) is 11.5 Å². The van der Waals surface area contributed by atoms with Gasteiger partial charge in [-0.25, -0.2) is 0 Å². The Balaban J connectivity index is 1.71. The first-order chi connectivity index (χ1) is 12.6. The highest BCUT2D eigenvalue weighted by Crippen LogP contribution is 2.34. The predicted octanol–water partition coefficient (Wildman–Crippen LogP) is 5.19. The van der Waals surface area contributed by atoms with E-state index in [4.69, 9.17) is 9.47 Å². The summed E-state index contributed by atoms with van der Waals surface area (Å²) in [5.74, 6) is 1.28. The molecule has 26 heavy (non-hydrogen) atoms. The molecule has 0 aliphatic heterocycles. The lowest BCUT2D eigenvalue weighted by Gasteiger charge is -2.12. The number of fused-ring (bicyclic) bond motifs is 1. The zero-order chi connectivity index (χ0) is 18.5. The predicted molar refractivity (Wildman–Crippen MR) is 108 cm³/mol. The summed E-state index contributed by atoms with van der Waals surface area (Å²) in [6.45, 7) is 0. The molecule has 0 radical (unpaired) electrons. The highest BCUT2D eigenvalue weighted by atomic mass is 79.9. The quantitative estimate of drug-likeness (QED) is 0.604. The fraction of sp³-hybridized carbons (Fsp3) is 0.190. The van der Waals surface area contributed by atoms with Crippen molar-refractivity contribution in [2.24, 2.45) is 0 Å². The largest absolute Gasteiger partial charge is 0.493 e. The average molecular weight is 414 g/mol. The van der Waals surface area contributed by atoms with E-state index >= 15 is 0 Å². The summed E-state index contributed by atoms with van der Waals surface area (Å²) in [5, 5.41) is 5.16. The van der Waals surface area contributed by atoms with Crippen molar-refractivity contribution in [3.05, 3.63) is 64.6 Å². The number of benzene rings is 3. The number of rotatable bonds is 6. The van der Waals surface area contributed by atoms with E-state index < -0.39 is 0 Å². The normalized spacial score (nSPS) is 10.6. The van der Waals surface area contributed by atoms with Crippen LogP contribution in [-0.4, -0.2) is 20.1 Å². The summed E-state index contributed by atoms with van der Waals surface area (Å²) in [4.78, 5) is 12.4. The molecule has 5 heteroatoms. The number of ether oxygens (including phenoxy) is 2. The molecule has 0 unspecified atom stereocenters. The number of methoxy groups -OCH3 is 2. The van der Waals surface area contributed by atoms with E-state index in [0.717, 1.165) is 26.5 Å². The number of amides is 1. The van der Waals surface area contributed by atoms with E-state index in [1.165, 1.54) is 0 Å². The lowest BCUT2D eigenvalue weighted by molar-refractivity contribution is -0.116. The molecule has 1 N–H and O–H groups in total. The van der Waals surface area contributed by atoms with Gasteiger partial charge in [-0.05, 0) is 35.6 Å². The monoisotopic (exact) mass is 413 g/mol. The van der Waals surface area contributed by atoms with Gasteiger partial charge in [-0.2, -0.15) is 0 Å². The van der Waals surface area contributed by atoms with Crippen LogP contribution in [-0.2, 0) is 11.2 Å². The Morgan fingerprint density at radius 3 is 2.46 bits per heavy atom. The van der Waals surface area contributed by atoms with E-state index in [1.807, 2.05) is 54.6 Å². The number of anilines is 1. The summed E-state index contributed by atoms with van der Waals surface area (Å²) in [6, 6.07) is 17.7. The third-order valence-corrected chi connectivity index (χ3v) is 4.98. The highest BCUT2D eigenvalue weighted by molar-refractivity contribution is 9.10. The van der Waals surface area contributed by atoms with Gasteiger partial charge in [0.25, 0.3) is 0 Å². The zero-order valence-corrected chi connectivity index (χ0v) is 16.3. The molecular weight excluding hydrogens is 394 g/mol. The fourth-order valence-electron chi connectivity index (χ4n) is 2.88. The van der Waals surface area contributed by atoms with Gasteiger partial charge in [0, 0.05) is 22.0 Å². The summed E-state index contributed by atoms with van der Waals surface area (Å²) in [5.41, 5.74) is 1.83. The van der Waals surface area contributed by atoms with Crippen LogP contribution in [0.5, 0.6) is 11.5 Å².